The number of carbonyl (C=O) groups is 2. The van der Waals surface area contributed by atoms with Crippen molar-refractivity contribution in [3.63, 3.8) is 0 Å². The molecule has 43 heavy (non-hydrogen) atoms. The van der Waals surface area contributed by atoms with E-state index in [2.05, 4.69) is 0 Å². The van der Waals surface area contributed by atoms with E-state index < -0.39 is 50.9 Å². The fourth-order valence-electron chi connectivity index (χ4n) is 6.08. The lowest BCUT2D eigenvalue weighted by molar-refractivity contribution is -0.190. The Morgan fingerprint density at radius 3 is 2.07 bits per heavy atom. The van der Waals surface area contributed by atoms with Gasteiger partial charge in [0, 0.05) is 6.42 Å². The van der Waals surface area contributed by atoms with Gasteiger partial charge in [0.2, 0.25) is 10.0 Å². The second-order valence-electron chi connectivity index (χ2n) is 10.4. The maximum Gasteiger partial charge on any atom is 0.416 e. The van der Waals surface area contributed by atoms with Crippen LogP contribution in [0.25, 0.3) is 0 Å². The third-order valence-electron chi connectivity index (χ3n) is 7.95. The van der Waals surface area contributed by atoms with Gasteiger partial charge in [-0.15, -0.1) is 0 Å². The summed E-state index contributed by atoms with van der Waals surface area (Å²) in [4.78, 5) is 28.4. The van der Waals surface area contributed by atoms with Crippen LogP contribution in [0.15, 0.2) is 77.7 Å². The zero-order valence-corrected chi connectivity index (χ0v) is 24.5. The van der Waals surface area contributed by atoms with Gasteiger partial charge in [-0.2, -0.15) is 17.5 Å². The van der Waals surface area contributed by atoms with Crippen molar-refractivity contribution in [2.24, 2.45) is 0 Å². The molecule has 0 amide bonds. The number of aryl methyl sites for hydroxylation is 1. The van der Waals surface area contributed by atoms with Crippen LogP contribution >= 0.6 is 0 Å². The first-order chi connectivity index (χ1) is 20.3. The largest absolute Gasteiger partial charge is 0.464 e. The number of nitrogens with zero attached hydrogens (tertiary/aromatic N) is 1. The van der Waals surface area contributed by atoms with Gasteiger partial charge < -0.3 is 14.2 Å². The van der Waals surface area contributed by atoms with Crippen LogP contribution in [0.4, 0.5) is 13.2 Å². The highest BCUT2D eigenvalue weighted by atomic mass is 32.2. The molecule has 2 aliphatic heterocycles. The topological polar surface area (TPSA) is 99.2 Å². The summed E-state index contributed by atoms with van der Waals surface area (Å²) in [5.74, 6) is -2.43. The summed E-state index contributed by atoms with van der Waals surface area (Å²) in [5.41, 5.74) is -3.74. The molecule has 5 rings (SSSR count). The molecule has 2 atom stereocenters. The number of ether oxygens (including phenoxy) is 3. The molecule has 2 aliphatic rings. The maximum absolute atomic E-state index is 14.7. The predicted octanol–water partition coefficient (Wildman–Crippen LogP) is 5.44. The zero-order valence-electron chi connectivity index (χ0n) is 23.7. The summed E-state index contributed by atoms with van der Waals surface area (Å²) in [7, 11) is -4.76. The van der Waals surface area contributed by atoms with Crippen molar-refractivity contribution in [2.75, 3.05) is 13.2 Å². The van der Waals surface area contributed by atoms with Crippen molar-refractivity contribution in [1.29, 1.82) is 0 Å². The summed E-state index contributed by atoms with van der Waals surface area (Å²) in [6, 6.07) is 15.2. The van der Waals surface area contributed by atoms with Gasteiger partial charge in [-0.3, -0.25) is 0 Å². The molecule has 0 saturated carbocycles. The minimum absolute atomic E-state index is 0.0606. The highest BCUT2D eigenvalue weighted by Crippen LogP contribution is 2.62. The Morgan fingerprint density at radius 2 is 1.51 bits per heavy atom. The number of benzene rings is 3. The summed E-state index contributed by atoms with van der Waals surface area (Å²) in [6.45, 7) is 4.30. The lowest BCUT2D eigenvalue weighted by atomic mass is 9.74. The molecule has 8 nitrogen and oxygen atoms in total. The van der Waals surface area contributed by atoms with Gasteiger partial charge in [-0.25, -0.2) is 18.0 Å². The van der Waals surface area contributed by atoms with Crippen molar-refractivity contribution in [3.8, 4) is 0 Å². The molecule has 0 aliphatic carbocycles. The van der Waals surface area contributed by atoms with Gasteiger partial charge in [0.25, 0.3) is 5.54 Å². The summed E-state index contributed by atoms with van der Waals surface area (Å²) < 4.78 is 87.9. The second-order valence-corrected chi connectivity index (χ2v) is 12.2. The van der Waals surface area contributed by atoms with E-state index in [4.69, 9.17) is 14.2 Å². The van der Waals surface area contributed by atoms with Crippen molar-refractivity contribution in [1.82, 2.24) is 4.31 Å². The quantitative estimate of drug-likeness (QED) is 0.257. The van der Waals surface area contributed by atoms with Crippen molar-refractivity contribution in [2.45, 2.75) is 62.1 Å². The van der Waals surface area contributed by atoms with Gasteiger partial charge in [0.15, 0.2) is 0 Å². The normalized spacial score (nSPS) is 21.5. The molecule has 3 aromatic rings. The molecule has 228 valence electrons. The van der Waals surface area contributed by atoms with Crippen LogP contribution < -0.4 is 0 Å². The average Bonchev–Trinajstić information content (AvgIpc) is 3.50. The highest BCUT2D eigenvalue weighted by molar-refractivity contribution is 7.89. The summed E-state index contributed by atoms with van der Waals surface area (Å²) >= 11 is 0. The maximum atomic E-state index is 14.7. The SMILES string of the molecule is CCOC(=O)C1(C(=O)OCC)N(S(=O)(=O)c2ccc(C)cc2)[C@@H](c2ccc(C(F)(F)F)cc2)C[C@@]12OCc1ccccc12. The highest BCUT2D eigenvalue weighted by Gasteiger charge is 2.79. The average molecular weight is 618 g/mol. The molecular weight excluding hydrogens is 587 g/mol. The lowest BCUT2D eigenvalue weighted by Crippen LogP contribution is -2.68. The summed E-state index contributed by atoms with van der Waals surface area (Å²) in [5, 5.41) is 0. The van der Waals surface area contributed by atoms with Crippen LogP contribution in [0.5, 0.6) is 0 Å². The number of halogens is 3. The van der Waals surface area contributed by atoms with E-state index in [0.717, 1.165) is 34.1 Å². The van der Waals surface area contributed by atoms with E-state index in [0.29, 0.717) is 11.1 Å². The number of fused-ring (bicyclic) bond motifs is 2. The number of hydrogen-bond acceptors (Lipinski definition) is 7. The Balaban J connectivity index is 1.88. The number of sulfonamides is 1. The van der Waals surface area contributed by atoms with E-state index in [9.17, 15) is 31.2 Å². The third kappa shape index (κ3) is 4.72. The van der Waals surface area contributed by atoms with Gasteiger partial charge in [0.1, 0.15) is 5.60 Å². The van der Waals surface area contributed by atoms with Crippen LogP contribution in [0.1, 0.15) is 54.1 Å². The van der Waals surface area contributed by atoms with E-state index in [-0.39, 0.29) is 36.7 Å². The molecule has 0 radical (unpaired) electrons. The summed E-state index contributed by atoms with van der Waals surface area (Å²) in [6.07, 6.45) is -4.94. The molecule has 12 heteroatoms. The van der Waals surface area contributed by atoms with Crippen molar-refractivity contribution in [3.05, 3.63) is 101 Å². The lowest BCUT2D eigenvalue weighted by Gasteiger charge is -2.42. The minimum Gasteiger partial charge on any atom is -0.464 e. The molecule has 0 bridgehead atoms. The van der Waals surface area contributed by atoms with Gasteiger partial charge in [0.05, 0.1) is 36.3 Å². The number of hydrogen-bond donors (Lipinski definition) is 0. The van der Waals surface area contributed by atoms with Gasteiger partial charge >= 0.3 is 18.1 Å². The molecule has 3 aromatic carbocycles. The first-order valence-electron chi connectivity index (χ1n) is 13.7. The van der Waals surface area contributed by atoms with Gasteiger partial charge in [-0.1, -0.05) is 54.1 Å². The first kappa shape index (κ1) is 30.7. The Labute approximate surface area is 247 Å². The van der Waals surface area contributed by atoms with Crippen LogP contribution in [0.2, 0.25) is 0 Å². The number of carbonyl (C=O) groups excluding carboxylic acids is 2. The third-order valence-corrected chi connectivity index (χ3v) is 9.86. The zero-order chi connectivity index (χ0) is 31.2. The molecule has 1 spiro atoms. The van der Waals surface area contributed by atoms with E-state index in [1.54, 1.807) is 43.3 Å². The minimum atomic E-state index is -4.76. The standard InChI is InChI=1S/C31H30F3NO7S/c1-4-40-27(36)30(28(37)41-5-2)29(25-9-7-6-8-22(25)19-42-29)18-26(21-12-14-23(15-13-21)31(32,33)34)35(30)43(38,39)24-16-10-20(3)11-17-24/h6-17,26H,4-5,18-19H2,1-3H3/t26-,29+/m1/s1. The van der Waals surface area contributed by atoms with Crippen LogP contribution in [0, 0.1) is 6.92 Å². The van der Waals surface area contributed by atoms with Crippen molar-refractivity contribution >= 4 is 22.0 Å². The van der Waals surface area contributed by atoms with Gasteiger partial charge in [-0.05, 0) is 61.7 Å². The van der Waals surface area contributed by atoms with Crippen LogP contribution in [0.3, 0.4) is 0 Å². The number of esters is 2. The smallest absolute Gasteiger partial charge is 0.416 e. The Hall–Kier alpha value is -3.74. The molecule has 0 aromatic heterocycles. The fraction of sp³-hybridized carbons (Fsp3) is 0.355. The molecule has 0 N–H and O–H groups in total. The number of rotatable bonds is 7. The molecule has 1 saturated heterocycles. The van der Waals surface area contributed by atoms with E-state index in [1.807, 2.05) is 0 Å². The predicted molar refractivity (Wildman–Crippen MR) is 148 cm³/mol. The first-order valence-corrected chi connectivity index (χ1v) is 15.1. The second kappa shape index (κ2) is 11.1. The van der Waals surface area contributed by atoms with E-state index >= 15 is 0 Å². The van der Waals surface area contributed by atoms with Crippen LogP contribution in [-0.2, 0) is 52.2 Å². The van der Waals surface area contributed by atoms with Crippen molar-refractivity contribution < 1.29 is 45.4 Å². The van der Waals surface area contributed by atoms with E-state index in [1.165, 1.54) is 26.0 Å². The Morgan fingerprint density at radius 1 is 0.930 bits per heavy atom. The number of alkyl halides is 3. The Kier molecular flexibility index (Phi) is 7.91. The molecule has 0 unspecified atom stereocenters. The van der Waals surface area contributed by atoms with Crippen LogP contribution in [-0.4, -0.2) is 43.4 Å². The monoisotopic (exact) mass is 617 g/mol. The Bertz CT molecular complexity index is 1620. The fourth-order valence-corrected chi connectivity index (χ4v) is 7.98. The molecular formula is C31H30F3NO7S. The molecule has 1 fully saturated rings. The molecule has 2 heterocycles.